The molecular weight excluding hydrogens is 230 g/mol. The summed E-state index contributed by atoms with van der Waals surface area (Å²) in [7, 11) is 0. The summed E-state index contributed by atoms with van der Waals surface area (Å²) in [5.74, 6) is 0.740. The number of hydrogen-bond donors (Lipinski definition) is 3. The first kappa shape index (κ1) is 14.4. The molecule has 1 heterocycles. The number of rotatable bonds is 8. The molecule has 0 saturated carbocycles. The van der Waals surface area contributed by atoms with E-state index >= 15 is 0 Å². The minimum absolute atomic E-state index is 0.146. The van der Waals surface area contributed by atoms with E-state index in [0.29, 0.717) is 5.95 Å². The van der Waals surface area contributed by atoms with Crippen molar-refractivity contribution in [3.05, 3.63) is 0 Å². The molecule has 0 radical (unpaired) electrons. The maximum atomic E-state index is 5.48. The Morgan fingerprint density at radius 2 is 1.61 bits per heavy atom. The van der Waals surface area contributed by atoms with Crippen LogP contribution in [0.1, 0.15) is 26.7 Å². The van der Waals surface area contributed by atoms with Gasteiger partial charge < -0.3 is 21.7 Å². The van der Waals surface area contributed by atoms with E-state index in [0.717, 1.165) is 39.0 Å². The molecule has 0 unspecified atom stereocenters. The molecule has 0 aliphatic rings. The van der Waals surface area contributed by atoms with Crippen LogP contribution >= 0.6 is 0 Å². The predicted octanol–water partition coefficient (Wildman–Crippen LogP) is 0.570. The highest BCUT2D eigenvalue weighted by atomic mass is 15.2. The van der Waals surface area contributed by atoms with Gasteiger partial charge in [-0.3, -0.25) is 0 Å². The van der Waals surface area contributed by atoms with Crippen molar-refractivity contribution in [2.75, 3.05) is 43.0 Å². The van der Waals surface area contributed by atoms with E-state index in [1.54, 1.807) is 0 Å². The molecule has 0 spiro atoms. The molecule has 0 atom stereocenters. The normalized spacial score (nSPS) is 10.8. The largest absolute Gasteiger partial charge is 0.368 e. The molecule has 18 heavy (non-hydrogen) atoms. The molecule has 0 bridgehead atoms. The van der Waals surface area contributed by atoms with Gasteiger partial charge in [0.25, 0.3) is 0 Å². The Bertz CT molecular complexity index is 331. The molecule has 0 aromatic carbocycles. The van der Waals surface area contributed by atoms with Gasteiger partial charge in [-0.05, 0) is 32.5 Å². The Balaban J connectivity index is 2.21. The van der Waals surface area contributed by atoms with Crippen LogP contribution in [0.5, 0.6) is 0 Å². The van der Waals surface area contributed by atoms with Gasteiger partial charge in [0.15, 0.2) is 0 Å². The molecule has 0 aliphatic heterocycles. The van der Waals surface area contributed by atoms with Crippen molar-refractivity contribution < 1.29 is 0 Å². The van der Waals surface area contributed by atoms with Gasteiger partial charge in [0.2, 0.25) is 17.8 Å². The number of hydrogen-bond acceptors (Lipinski definition) is 7. The standard InChI is InChI=1S/C11H23N7/c1-3-18(4-2)8-6-5-7-14-11-16-9(12)15-10(13)17-11/h3-8H2,1-2H3,(H5,12,13,14,15,16,17). The molecular formula is C11H23N7. The summed E-state index contributed by atoms with van der Waals surface area (Å²) < 4.78 is 0. The number of nitrogens with two attached hydrogens (primary N) is 2. The number of aromatic nitrogens is 3. The van der Waals surface area contributed by atoms with E-state index in [4.69, 9.17) is 11.5 Å². The van der Waals surface area contributed by atoms with E-state index in [1.165, 1.54) is 0 Å². The topological polar surface area (TPSA) is 106 Å². The maximum absolute atomic E-state index is 5.48. The fraction of sp³-hybridized carbons (Fsp3) is 0.727. The van der Waals surface area contributed by atoms with Gasteiger partial charge in [0.1, 0.15) is 0 Å². The molecule has 7 nitrogen and oxygen atoms in total. The molecule has 0 aliphatic carbocycles. The van der Waals surface area contributed by atoms with Crippen LogP contribution in [-0.4, -0.2) is 46.0 Å². The average Bonchev–Trinajstić information content (AvgIpc) is 2.32. The Morgan fingerprint density at radius 3 is 2.17 bits per heavy atom. The van der Waals surface area contributed by atoms with Crippen molar-refractivity contribution in [2.24, 2.45) is 0 Å². The maximum Gasteiger partial charge on any atom is 0.229 e. The highest BCUT2D eigenvalue weighted by molar-refractivity contribution is 5.36. The lowest BCUT2D eigenvalue weighted by atomic mass is 10.3. The Morgan fingerprint density at radius 1 is 1.00 bits per heavy atom. The first-order valence-electron chi connectivity index (χ1n) is 6.39. The van der Waals surface area contributed by atoms with E-state index in [-0.39, 0.29) is 11.9 Å². The number of nitrogens with one attached hydrogen (secondary N) is 1. The van der Waals surface area contributed by atoms with Gasteiger partial charge in [-0.2, -0.15) is 15.0 Å². The molecule has 0 fully saturated rings. The number of anilines is 3. The Hall–Kier alpha value is -1.63. The van der Waals surface area contributed by atoms with Crippen molar-refractivity contribution in [1.29, 1.82) is 0 Å². The molecule has 1 rings (SSSR count). The SMILES string of the molecule is CCN(CC)CCCCNc1nc(N)nc(N)n1. The van der Waals surface area contributed by atoms with Crippen molar-refractivity contribution >= 4 is 17.8 Å². The monoisotopic (exact) mass is 253 g/mol. The fourth-order valence-electron chi connectivity index (χ4n) is 1.69. The summed E-state index contributed by atoms with van der Waals surface area (Å²) >= 11 is 0. The third kappa shape index (κ3) is 5.13. The predicted molar refractivity (Wildman–Crippen MR) is 74.2 cm³/mol. The van der Waals surface area contributed by atoms with Gasteiger partial charge in [-0.25, -0.2) is 0 Å². The van der Waals surface area contributed by atoms with Gasteiger partial charge in [0, 0.05) is 6.54 Å². The zero-order valence-electron chi connectivity index (χ0n) is 11.2. The first-order valence-corrected chi connectivity index (χ1v) is 6.39. The number of unbranched alkanes of at least 4 members (excludes halogenated alkanes) is 1. The van der Waals surface area contributed by atoms with Crippen LogP contribution in [0.4, 0.5) is 17.8 Å². The van der Waals surface area contributed by atoms with Crippen LogP contribution in [0, 0.1) is 0 Å². The van der Waals surface area contributed by atoms with Gasteiger partial charge in [-0.1, -0.05) is 13.8 Å². The zero-order chi connectivity index (χ0) is 13.4. The van der Waals surface area contributed by atoms with Gasteiger partial charge >= 0.3 is 0 Å². The zero-order valence-corrected chi connectivity index (χ0v) is 11.2. The lowest BCUT2D eigenvalue weighted by Gasteiger charge is -2.17. The molecule has 1 aromatic heterocycles. The molecule has 0 amide bonds. The lowest BCUT2D eigenvalue weighted by molar-refractivity contribution is 0.298. The molecule has 1 aromatic rings. The Labute approximate surface area is 108 Å². The summed E-state index contributed by atoms with van der Waals surface area (Å²) in [6, 6.07) is 0. The van der Waals surface area contributed by atoms with Crippen molar-refractivity contribution in [3.8, 4) is 0 Å². The Kier molecular flexibility index (Phi) is 6.13. The highest BCUT2D eigenvalue weighted by Crippen LogP contribution is 2.04. The quantitative estimate of drug-likeness (QED) is 0.581. The van der Waals surface area contributed by atoms with Gasteiger partial charge in [0.05, 0.1) is 0 Å². The third-order valence-electron chi connectivity index (χ3n) is 2.75. The third-order valence-corrected chi connectivity index (χ3v) is 2.75. The molecule has 102 valence electrons. The summed E-state index contributed by atoms with van der Waals surface area (Å²) in [5.41, 5.74) is 11.0. The smallest absolute Gasteiger partial charge is 0.229 e. The van der Waals surface area contributed by atoms with Crippen LogP contribution in [0.15, 0.2) is 0 Å². The molecule has 5 N–H and O–H groups in total. The number of nitrogens with zero attached hydrogens (tertiary/aromatic N) is 4. The van der Waals surface area contributed by atoms with E-state index in [1.807, 2.05) is 0 Å². The summed E-state index contributed by atoms with van der Waals surface area (Å²) in [5, 5.41) is 3.10. The molecule has 7 heteroatoms. The van der Waals surface area contributed by atoms with Crippen molar-refractivity contribution in [2.45, 2.75) is 26.7 Å². The lowest BCUT2D eigenvalue weighted by Crippen LogP contribution is -2.24. The first-order chi connectivity index (χ1) is 8.65. The second-order valence-corrected chi connectivity index (χ2v) is 4.04. The van der Waals surface area contributed by atoms with Crippen LogP contribution in [0.2, 0.25) is 0 Å². The van der Waals surface area contributed by atoms with Crippen LogP contribution < -0.4 is 16.8 Å². The van der Waals surface area contributed by atoms with Crippen molar-refractivity contribution in [1.82, 2.24) is 19.9 Å². The average molecular weight is 253 g/mol. The summed E-state index contributed by atoms with van der Waals surface area (Å²) in [4.78, 5) is 14.0. The minimum atomic E-state index is 0.146. The van der Waals surface area contributed by atoms with Crippen LogP contribution in [-0.2, 0) is 0 Å². The fourth-order valence-corrected chi connectivity index (χ4v) is 1.69. The molecule has 0 saturated heterocycles. The minimum Gasteiger partial charge on any atom is -0.368 e. The second-order valence-electron chi connectivity index (χ2n) is 4.04. The van der Waals surface area contributed by atoms with Crippen LogP contribution in [0.3, 0.4) is 0 Å². The highest BCUT2D eigenvalue weighted by Gasteiger charge is 2.01. The summed E-state index contributed by atoms with van der Waals surface area (Å²) in [6.45, 7) is 8.49. The van der Waals surface area contributed by atoms with E-state index in [9.17, 15) is 0 Å². The van der Waals surface area contributed by atoms with Gasteiger partial charge in [-0.15, -0.1) is 0 Å². The van der Waals surface area contributed by atoms with E-state index < -0.39 is 0 Å². The second kappa shape index (κ2) is 7.65. The van der Waals surface area contributed by atoms with Crippen LogP contribution in [0.25, 0.3) is 0 Å². The number of nitrogen functional groups attached to an aromatic ring is 2. The van der Waals surface area contributed by atoms with Crippen molar-refractivity contribution in [3.63, 3.8) is 0 Å². The van der Waals surface area contributed by atoms with E-state index in [2.05, 4.69) is 39.0 Å². The summed E-state index contributed by atoms with van der Waals surface area (Å²) in [6.07, 6.45) is 2.20.